The molecular formula is C6H4Br3N3O. The van der Waals surface area contributed by atoms with E-state index in [2.05, 4.69) is 64.3 Å². The van der Waals surface area contributed by atoms with Crippen LogP contribution in [0.2, 0.25) is 0 Å². The van der Waals surface area contributed by atoms with Crippen molar-refractivity contribution in [2.45, 2.75) is 2.14 Å². The minimum absolute atomic E-state index is 0.419. The molecule has 70 valence electrons. The lowest BCUT2D eigenvalue weighted by Gasteiger charge is -2.13. The van der Waals surface area contributed by atoms with E-state index in [1.807, 2.05) is 0 Å². The minimum atomic E-state index is -0.747. The highest BCUT2D eigenvalue weighted by molar-refractivity contribution is 9.38. The SMILES string of the molecule is C=Cn1c(C(Br)(Br)Br)ncnc1=O. The summed E-state index contributed by atoms with van der Waals surface area (Å²) in [7, 11) is 0. The molecule has 1 heterocycles. The first-order valence-corrected chi connectivity index (χ1v) is 5.48. The highest BCUT2D eigenvalue weighted by Crippen LogP contribution is 2.42. The lowest BCUT2D eigenvalue weighted by molar-refractivity contribution is 0.825. The average molecular weight is 374 g/mol. The van der Waals surface area contributed by atoms with Crippen molar-refractivity contribution in [3.05, 3.63) is 29.2 Å². The summed E-state index contributed by atoms with van der Waals surface area (Å²) in [4.78, 5) is 18.6. The Kier molecular flexibility index (Phi) is 3.42. The highest BCUT2D eigenvalue weighted by atomic mass is 80.0. The summed E-state index contributed by atoms with van der Waals surface area (Å²) in [6.07, 6.45) is 2.53. The fourth-order valence-corrected chi connectivity index (χ4v) is 1.60. The van der Waals surface area contributed by atoms with Gasteiger partial charge < -0.3 is 0 Å². The van der Waals surface area contributed by atoms with Gasteiger partial charge in [-0.2, -0.15) is 4.98 Å². The molecule has 0 fully saturated rings. The van der Waals surface area contributed by atoms with Crippen molar-refractivity contribution >= 4 is 54.0 Å². The number of hydrogen-bond donors (Lipinski definition) is 0. The van der Waals surface area contributed by atoms with E-state index in [1.54, 1.807) is 0 Å². The third-order valence-electron chi connectivity index (χ3n) is 1.22. The van der Waals surface area contributed by atoms with Gasteiger partial charge in [0.25, 0.3) is 0 Å². The Bertz CT molecular complexity index is 381. The van der Waals surface area contributed by atoms with E-state index in [0.717, 1.165) is 0 Å². The predicted octanol–water partition coefficient (Wildman–Crippen LogP) is 2.03. The van der Waals surface area contributed by atoms with Crippen molar-refractivity contribution in [3.8, 4) is 0 Å². The molecule has 4 nitrogen and oxygen atoms in total. The molecule has 1 rings (SSSR count). The molecule has 1 aromatic heterocycles. The molecule has 13 heavy (non-hydrogen) atoms. The number of hydrogen-bond acceptors (Lipinski definition) is 3. The third-order valence-corrected chi connectivity index (χ3v) is 2.28. The van der Waals surface area contributed by atoms with Gasteiger partial charge in [0, 0.05) is 6.20 Å². The summed E-state index contributed by atoms with van der Waals surface area (Å²) in [5.41, 5.74) is -0.428. The van der Waals surface area contributed by atoms with Crippen LogP contribution in [-0.4, -0.2) is 14.5 Å². The Morgan fingerprint density at radius 1 is 1.46 bits per heavy atom. The van der Waals surface area contributed by atoms with E-state index in [9.17, 15) is 4.79 Å². The lowest BCUT2D eigenvalue weighted by atomic mass is 10.6. The summed E-state index contributed by atoms with van der Waals surface area (Å²) in [5.74, 6) is 0.419. The quantitative estimate of drug-likeness (QED) is 0.708. The first kappa shape index (κ1) is 11.1. The van der Waals surface area contributed by atoms with Gasteiger partial charge in [0.15, 0.2) is 7.97 Å². The van der Waals surface area contributed by atoms with Gasteiger partial charge in [0.2, 0.25) is 0 Å². The molecule has 0 N–H and O–H groups in total. The van der Waals surface area contributed by atoms with Crippen molar-refractivity contribution in [2.24, 2.45) is 0 Å². The predicted molar refractivity (Wildman–Crippen MR) is 61.1 cm³/mol. The molecule has 0 aliphatic rings. The Morgan fingerprint density at radius 3 is 2.46 bits per heavy atom. The molecule has 0 bridgehead atoms. The summed E-state index contributed by atoms with van der Waals surface area (Å²) >= 11 is 9.74. The lowest BCUT2D eigenvalue weighted by Crippen LogP contribution is -2.26. The van der Waals surface area contributed by atoms with E-state index >= 15 is 0 Å². The molecule has 0 amide bonds. The molecule has 0 saturated heterocycles. The van der Waals surface area contributed by atoms with Crippen LogP contribution in [0, 0.1) is 0 Å². The van der Waals surface area contributed by atoms with Crippen molar-refractivity contribution in [1.82, 2.24) is 14.5 Å². The molecule has 1 aromatic rings. The van der Waals surface area contributed by atoms with Gasteiger partial charge in [0.1, 0.15) is 6.33 Å². The van der Waals surface area contributed by atoms with Crippen molar-refractivity contribution < 1.29 is 0 Å². The highest BCUT2D eigenvalue weighted by Gasteiger charge is 2.26. The number of halogens is 3. The maximum absolute atomic E-state index is 11.2. The van der Waals surface area contributed by atoms with Crippen LogP contribution in [0.25, 0.3) is 6.20 Å². The van der Waals surface area contributed by atoms with Crippen LogP contribution in [0.4, 0.5) is 0 Å². The van der Waals surface area contributed by atoms with Crippen LogP contribution >= 0.6 is 47.8 Å². The Labute approximate surface area is 99.5 Å². The molecule has 0 aromatic carbocycles. The molecular weight excluding hydrogens is 370 g/mol. The smallest absolute Gasteiger partial charge is 0.253 e. The second kappa shape index (κ2) is 4.02. The summed E-state index contributed by atoms with van der Waals surface area (Å²) in [6, 6.07) is 0. The molecule has 0 aliphatic carbocycles. The van der Waals surface area contributed by atoms with Crippen LogP contribution in [-0.2, 0) is 2.14 Å². The van der Waals surface area contributed by atoms with Crippen LogP contribution in [0.5, 0.6) is 0 Å². The number of alkyl halides is 3. The van der Waals surface area contributed by atoms with Gasteiger partial charge in [-0.15, -0.1) is 0 Å². The zero-order valence-electron chi connectivity index (χ0n) is 6.25. The summed E-state index contributed by atoms with van der Waals surface area (Å²) < 4.78 is 0.474. The monoisotopic (exact) mass is 371 g/mol. The molecule has 0 spiro atoms. The molecule has 0 atom stereocenters. The second-order valence-corrected chi connectivity index (χ2v) is 8.79. The number of aromatic nitrogens is 3. The third kappa shape index (κ3) is 2.47. The molecule has 0 saturated carbocycles. The summed E-state index contributed by atoms with van der Waals surface area (Å²) in [6.45, 7) is 3.49. The maximum atomic E-state index is 11.2. The number of nitrogens with zero attached hydrogens (tertiary/aromatic N) is 3. The molecule has 7 heteroatoms. The van der Waals surface area contributed by atoms with E-state index in [4.69, 9.17) is 0 Å². The molecule has 0 unspecified atom stereocenters. The van der Waals surface area contributed by atoms with Gasteiger partial charge >= 0.3 is 5.69 Å². The van der Waals surface area contributed by atoms with Crippen molar-refractivity contribution in [3.63, 3.8) is 0 Å². The van der Waals surface area contributed by atoms with E-state index in [0.29, 0.717) is 5.82 Å². The second-order valence-electron chi connectivity index (χ2n) is 2.03. The number of rotatable bonds is 1. The van der Waals surface area contributed by atoms with E-state index in [-0.39, 0.29) is 0 Å². The minimum Gasteiger partial charge on any atom is -0.253 e. The average Bonchev–Trinajstić information content (AvgIpc) is 2.02. The van der Waals surface area contributed by atoms with Crippen LogP contribution in [0.15, 0.2) is 17.7 Å². The van der Waals surface area contributed by atoms with Crippen LogP contribution in [0.3, 0.4) is 0 Å². The molecule has 0 radical (unpaired) electrons. The zero-order valence-corrected chi connectivity index (χ0v) is 11.0. The Balaban J connectivity index is 3.46. The standard InChI is InChI=1S/C6H4Br3N3O/c1-2-12-4(6(7,8)9)10-3-11-5(12)13/h2-3H,1H2. The molecule has 0 aliphatic heterocycles. The van der Waals surface area contributed by atoms with E-state index in [1.165, 1.54) is 17.1 Å². The van der Waals surface area contributed by atoms with Crippen molar-refractivity contribution in [1.29, 1.82) is 0 Å². The largest absolute Gasteiger partial charge is 0.354 e. The fourth-order valence-electron chi connectivity index (χ4n) is 0.722. The fraction of sp³-hybridized carbons (Fsp3) is 0.167. The topological polar surface area (TPSA) is 47.8 Å². The van der Waals surface area contributed by atoms with Crippen LogP contribution in [0.1, 0.15) is 5.82 Å². The normalized spacial score (nSPS) is 11.3. The maximum Gasteiger partial charge on any atom is 0.354 e. The zero-order chi connectivity index (χ0) is 10.1. The Morgan fingerprint density at radius 2 is 2.08 bits per heavy atom. The van der Waals surface area contributed by atoms with Gasteiger partial charge in [0.05, 0.1) is 0 Å². The van der Waals surface area contributed by atoms with Gasteiger partial charge in [-0.05, 0) is 0 Å². The van der Waals surface area contributed by atoms with E-state index < -0.39 is 7.83 Å². The van der Waals surface area contributed by atoms with Gasteiger partial charge in [-0.25, -0.2) is 9.78 Å². The van der Waals surface area contributed by atoms with Crippen molar-refractivity contribution in [2.75, 3.05) is 0 Å². The Hall–Kier alpha value is -0.0100. The summed E-state index contributed by atoms with van der Waals surface area (Å²) in [5, 5.41) is 0. The van der Waals surface area contributed by atoms with Crippen LogP contribution < -0.4 is 5.69 Å². The first-order valence-electron chi connectivity index (χ1n) is 3.10. The van der Waals surface area contributed by atoms with Gasteiger partial charge in [-0.1, -0.05) is 54.4 Å². The van der Waals surface area contributed by atoms with Gasteiger partial charge in [-0.3, -0.25) is 4.57 Å². The first-order chi connectivity index (χ1) is 5.96.